The molecule has 0 aliphatic carbocycles. The van der Waals surface area contributed by atoms with E-state index in [-0.39, 0.29) is 11.8 Å². The molecular weight excluding hydrogens is 284 g/mol. The van der Waals surface area contributed by atoms with Crippen molar-refractivity contribution in [1.82, 2.24) is 0 Å². The van der Waals surface area contributed by atoms with Crippen LogP contribution in [0.2, 0.25) is 0 Å². The van der Waals surface area contributed by atoms with E-state index in [1.54, 1.807) is 30.3 Å². The number of nitrogens with zero attached hydrogens (tertiary/aromatic N) is 1. The minimum atomic E-state index is -0.337. The van der Waals surface area contributed by atoms with Crippen molar-refractivity contribution < 1.29 is 9.59 Å². The lowest BCUT2D eigenvalue weighted by Gasteiger charge is -2.17. The maximum atomic E-state index is 12.6. The second-order valence-electron chi connectivity index (χ2n) is 5.15. The van der Waals surface area contributed by atoms with Crippen LogP contribution in [0.1, 0.15) is 31.8 Å². The molecule has 2 aromatic rings. The maximum absolute atomic E-state index is 12.6. The summed E-state index contributed by atoms with van der Waals surface area (Å²) in [4.78, 5) is 26.9. The van der Waals surface area contributed by atoms with Gasteiger partial charge in [0.2, 0.25) is 0 Å². The number of carbonyl (C=O) groups is 2. The van der Waals surface area contributed by atoms with Crippen molar-refractivity contribution in [3.63, 3.8) is 0 Å². The number of rotatable bonds is 1. The number of benzene rings is 2. The van der Waals surface area contributed by atoms with E-state index < -0.39 is 0 Å². The summed E-state index contributed by atoms with van der Waals surface area (Å²) in [6.45, 7) is 3.68. The molecule has 5 heteroatoms. The predicted molar refractivity (Wildman–Crippen MR) is 85.2 cm³/mol. The van der Waals surface area contributed by atoms with Gasteiger partial charge in [-0.05, 0) is 49.2 Å². The average Bonchev–Trinajstić information content (AvgIpc) is 2.67. The van der Waals surface area contributed by atoms with E-state index in [2.05, 4.69) is 12.6 Å². The molecule has 2 N–H and O–H groups in total. The summed E-state index contributed by atoms with van der Waals surface area (Å²) >= 11 is 4.38. The summed E-state index contributed by atoms with van der Waals surface area (Å²) in [5, 5.41) is 0. The summed E-state index contributed by atoms with van der Waals surface area (Å²) in [5.41, 5.74) is 9.29. The van der Waals surface area contributed by atoms with Crippen LogP contribution in [0.4, 0.5) is 11.4 Å². The standard InChI is InChI=1S/C16H14N2O2S/c1-8-3-5-11-13(14(8)21)16(20)18(15(11)19)12-6-4-10(17)7-9(12)2/h3-7,21H,17H2,1-2H3. The normalized spacial score (nSPS) is 13.8. The van der Waals surface area contributed by atoms with Gasteiger partial charge in [-0.1, -0.05) is 6.07 Å². The molecule has 1 aliphatic rings. The Morgan fingerprint density at radius 3 is 2.38 bits per heavy atom. The summed E-state index contributed by atoms with van der Waals surface area (Å²) in [6.07, 6.45) is 0. The minimum absolute atomic E-state index is 0.321. The highest BCUT2D eigenvalue weighted by atomic mass is 32.1. The zero-order chi connectivity index (χ0) is 15.3. The molecule has 0 bridgehead atoms. The fraction of sp³-hybridized carbons (Fsp3) is 0.125. The molecule has 0 fully saturated rings. The van der Waals surface area contributed by atoms with E-state index in [9.17, 15) is 9.59 Å². The zero-order valence-corrected chi connectivity index (χ0v) is 12.6. The Kier molecular flexibility index (Phi) is 3.02. The Hall–Kier alpha value is -2.27. The monoisotopic (exact) mass is 298 g/mol. The molecule has 21 heavy (non-hydrogen) atoms. The van der Waals surface area contributed by atoms with Crippen LogP contribution in [0, 0.1) is 13.8 Å². The first-order chi connectivity index (χ1) is 9.91. The van der Waals surface area contributed by atoms with Gasteiger partial charge >= 0.3 is 0 Å². The molecular formula is C16H14N2O2S. The van der Waals surface area contributed by atoms with Crippen LogP contribution >= 0.6 is 12.6 Å². The smallest absolute Gasteiger partial charge is 0.267 e. The van der Waals surface area contributed by atoms with Gasteiger partial charge < -0.3 is 5.73 Å². The van der Waals surface area contributed by atoms with Crippen molar-refractivity contribution >= 4 is 35.8 Å². The van der Waals surface area contributed by atoms with Crippen molar-refractivity contribution in [2.75, 3.05) is 10.6 Å². The van der Waals surface area contributed by atoms with Crippen LogP contribution in [0.25, 0.3) is 0 Å². The van der Waals surface area contributed by atoms with Crippen LogP contribution in [0.3, 0.4) is 0 Å². The predicted octanol–water partition coefficient (Wildman–Crippen LogP) is 2.97. The van der Waals surface area contributed by atoms with E-state index in [1.807, 2.05) is 13.8 Å². The van der Waals surface area contributed by atoms with Crippen LogP contribution in [0.15, 0.2) is 35.2 Å². The molecule has 0 aromatic heterocycles. The van der Waals surface area contributed by atoms with Crippen molar-refractivity contribution in [2.45, 2.75) is 18.7 Å². The highest BCUT2D eigenvalue weighted by molar-refractivity contribution is 7.80. The number of anilines is 2. The first kappa shape index (κ1) is 13.7. The largest absolute Gasteiger partial charge is 0.399 e. The summed E-state index contributed by atoms with van der Waals surface area (Å²) < 4.78 is 0. The van der Waals surface area contributed by atoms with Crippen LogP contribution in [-0.2, 0) is 0 Å². The fourth-order valence-electron chi connectivity index (χ4n) is 2.56. The van der Waals surface area contributed by atoms with Gasteiger partial charge in [0.15, 0.2) is 0 Å². The number of carbonyl (C=O) groups excluding carboxylic acids is 2. The Bertz CT molecular complexity index is 799. The zero-order valence-electron chi connectivity index (χ0n) is 11.7. The number of nitrogen functional groups attached to an aromatic ring is 1. The number of thiol groups is 1. The number of hydrogen-bond acceptors (Lipinski definition) is 4. The summed E-state index contributed by atoms with van der Waals surface area (Å²) in [6, 6.07) is 8.59. The highest BCUT2D eigenvalue weighted by Crippen LogP contribution is 2.35. The lowest BCUT2D eigenvalue weighted by molar-refractivity contribution is 0.0925. The summed E-state index contributed by atoms with van der Waals surface area (Å²) in [7, 11) is 0. The Morgan fingerprint density at radius 1 is 1.00 bits per heavy atom. The Morgan fingerprint density at radius 2 is 1.71 bits per heavy atom. The molecule has 0 atom stereocenters. The summed E-state index contributed by atoms with van der Waals surface area (Å²) in [5.74, 6) is -0.658. The first-order valence-electron chi connectivity index (χ1n) is 6.49. The van der Waals surface area contributed by atoms with Gasteiger partial charge in [0.1, 0.15) is 0 Å². The van der Waals surface area contributed by atoms with E-state index in [4.69, 9.17) is 5.73 Å². The molecule has 1 aliphatic heterocycles. The highest BCUT2D eigenvalue weighted by Gasteiger charge is 2.38. The van der Waals surface area contributed by atoms with Crippen molar-refractivity contribution in [3.8, 4) is 0 Å². The number of imide groups is 1. The molecule has 1 heterocycles. The number of amides is 2. The molecule has 106 valence electrons. The quantitative estimate of drug-likeness (QED) is 0.483. The molecule has 4 nitrogen and oxygen atoms in total. The molecule has 3 rings (SSSR count). The molecule has 2 aromatic carbocycles. The van der Waals surface area contributed by atoms with Crippen molar-refractivity contribution in [3.05, 3.63) is 52.6 Å². The van der Waals surface area contributed by atoms with Gasteiger partial charge in [-0.15, -0.1) is 12.6 Å². The topological polar surface area (TPSA) is 63.4 Å². The van der Waals surface area contributed by atoms with Gasteiger partial charge in [-0.2, -0.15) is 0 Å². The van der Waals surface area contributed by atoms with E-state index >= 15 is 0 Å². The van der Waals surface area contributed by atoms with Gasteiger partial charge in [-0.25, -0.2) is 4.90 Å². The Balaban J connectivity index is 2.18. The third-order valence-corrected chi connectivity index (χ3v) is 4.27. The second-order valence-corrected chi connectivity index (χ2v) is 5.59. The fourth-order valence-corrected chi connectivity index (χ4v) is 2.85. The lowest BCUT2D eigenvalue weighted by atomic mass is 10.1. The SMILES string of the molecule is Cc1cc(N)ccc1N1C(=O)c2ccc(C)c(S)c2C1=O. The molecule has 0 radical (unpaired) electrons. The van der Waals surface area contributed by atoms with E-state index in [0.717, 1.165) is 11.1 Å². The molecule has 0 saturated carbocycles. The Labute approximate surface area is 128 Å². The number of fused-ring (bicyclic) bond motifs is 1. The van der Waals surface area contributed by atoms with Crippen molar-refractivity contribution in [1.29, 1.82) is 0 Å². The lowest BCUT2D eigenvalue weighted by Crippen LogP contribution is -2.30. The van der Waals surface area contributed by atoms with Crippen LogP contribution in [-0.4, -0.2) is 11.8 Å². The van der Waals surface area contributed by atoms with Gasteiger partial charge in [0, 0.05) is 10.6 Å². The van der Waals surface area contributed by atoms with Gasteiger partial charge in [0.25, 0.3) is 11.8 Å². The second kappa shape index (κ2) is 4.63. The molecule has 0 saturated heterocycles. The number of hydrogen-bond donors (Lipinski definition) is 2. The molecule has 0 spiro atoms. The minimum Gasteiger partial charge on any atom is -0.399 e. The van der Waals surface area contributed by atoms with Gasteiger partial charge in [0.05, 0.1) is 16.8 Å². The third kappa shape index (κ3) is 1.93. The molecule has 2 amide bonds. The number of nitrogens with two attached hydrogens (primary N) is 1. The number of aryl methyl sites for hydroxylation is 2. The third-order valence-electron chi connectivity index (χ3n) is 3.69. The van der Waals surface area contributed by atoms with Crippen LogP contribution < -0.4 is 10.6 Å². The first-order valence-corrected chi connectivity index (χ1v) is 6.94. The maximum Gasteiger partial charge on any atom is 0.267 e. The van der Waals surface area contributed by atoms with Gasteiger partial charge in [-0.3, -0.25) is 9.59 Å². The van der Waals surface area contributed by atoms with E-state index in [1.165, 1.54) is 4.90 Å². The van der Waals surface area contributed by atoms with E-state index in [0.29, 0.717) is 27.4 Å². The molecule has 0 unspecified atom stereocenters. The van der Waals surface area contributed by atoms with Crippen LogP contribution in [0.5, 0.6) is 0 Å². The average molecular weight is 298 g/mol. The van der Waals surface area contributed by atoms with Crippen molar-refractivity contribution in [2.24, 2.45) is 0 Å².